The average molecular weight is 363 g/mol. The number of hydrogen-bond acceptors (Lipinski definition) is 4. The first-order valence-electron chi connectivity index (χ1n) is 8.45. The fraction of sp³-hybridized carbons (Fsp3) is 0.368. The molecule has 0 saturated heterocycles. The number of benzene rings is 2. The number of sulfonamides is 1. The van der Waals surface area contributed by atoms with Crippen molar-refractivity contribution >= 4 is 10.0 Å². The Balaban J connectivity index is 1.96. The van der Waals surface area contributed by atoms with E-state index in [1.165, 1.54) is 31.4 Å². The summed E-state index contributed by atoms with van der Waals surface area (Å²) in [5.41, 5.74) is 1.31. The lowest BCUT2D eigenvalue weighted by molar-refractivity contribution is 0.220. The summed E-state index contributed by atoms with van der Waals surface area (Å²) in [7, 11) is -3.73. The Bertz CT molecular complexity index is 755. The van der Waals surface area contributed by atoms with E-state index in [4.69, 9.17) is 9.88 Å². The molecule has 6 heteroatoms. The van der Waals surface area contributed by atoms with Gasteiger partial charge in [0.05, 0.1) is 11.5 Å². The number of unbranched alkanes of at least 4 members (excludes halogenated alkanes) is 3. The number of rotatable bonds is 9. The van der Waals surface area contributed by atoms with Crippen molar-refractivity contribution in [2.45, 2.75) is 43.6 Å². The maximum absolute atomic E-state index is 11.3. The molecule has 0 saturated carbocycles. The van der Waals surface area contributed by atoms with Crippen LogP contribution >= 0.6 is 0 Å². The predicted molar refractivity (Wildman–Crippen MR) is 98.0 cm³/mol. The van der Waals surface area contributed by atoms with Crippen molar-refractivity contribution in [2.75, 3.05) is 6.61 Å². The van der Waals surface area contributed by atoms with Gasteiger partial charge in [0.1, 0.15) is 11.9 Å². The molecular weight excluding hydrogens is 338 g/mol. The molecule has 136 valence electrons. The number of ether oxygens (including phenoxy) is 1. The molecule has 0 fully saturated rings. The van der Waals surface area contributed by atoms with Gasteiger partial charge in [0.25, 0.3) is 0 Å². The monoisotopic (exact) mass is 363 g/mol. The SMILES string of the molecule is CCCCCCOc1ccc(C(O)c2ccc(S(N)(=O)=O)cc2)cc1. The summed E-state index contributed by atoms with van der Waals surface area (Å²) in [6, 6.07) is 13.2. The van der Waals surface area contributed by atoms with Gasteiger partial charge in [0, 0.05) is 0 Å². The van der Waals surface area contributed by atoms with Gasteiger partial charge in [0.2, 0.25) is 10.0 Å². The number of hydrogen-bond donors (Lipinski definition) is 2. The molecular formula is C19H25NO4S. The van der Waals surface area contributed by atoms with E-state index >= 15 is 0 Å². The van der Waals surface area contributed by atoms with Crippen molar-refractivity contribution in [2.24, 2.45) is 5.14 Å². The molecule has 2 rings (SSSR count). The van der Waals surface area contributed by atoms with E-state index in [0.717, 1.165) is 12.2 Å². The van der Waals surface area contributed by atoms with E-state index in [1.54, 1.807) is 24.3 Å². The van der Waals surface area contributed by atoms with Crippen LogP contribution in [0.25, 0.3) is 0 Å². The highest BCUT2D eigenvalue weighted by molar-refractivity contribution is 7.89. The lowest BCUT2D eigenvalue weighted by Crippen LogP contribution is -2.12. The van der Waals surface area contributed by atoms with E-state index in [-0.39, 0.29) is 4.90 Å². The van der Waals surface area contributed by atoms with Crippen LogP contribution in [0.4, 0.5) is 0 Å². The third-order valence-corrected chi connectivity index (χ3v) is 4.92. The molecule has 1 unspecified atom stereocenters. The van der Waals surface area contributed by atoms with E-state index in [2.05, 4.69) is 6.92 Å². The minimum atomic E-state index is -3.73. The largest absolute Gasteiger partial charge is 0.494 e. The molecule has 0 radical (unpaired) electrons. The van der Waals surface area contributed by atoms with Gasteiger partial charge in [-0.15, -0.1) is 0 Å². The molecule has 5 nitrogen and oxygen atoms in total. The number of nitrogens with two attached hydrogens (primary N) is 1. The molecule has 3 N–H and O–H groups in total. The quantitative estimate of drug-likeness (QED) is 0.668. The minimum Gasteiger partial charge on any atom is -0.494 e. The zero-order chi connectivity index (χ0) is 18.3. The lowest BCUT2D eigenvalue weighted by atomic mass is 10.0. The molecule has 0 aliphatic heterocycles. The standard InChI is InChI=1S/C19H25NO4S/c1-2-3-4-5-14-24-17-10-6-15(7-11-17)19(21)16-8-12-18(13-9-16)25(20,22)23/h6-13,19,21H,2-5,14H2,1H3,(H2,20,22,23). The topological polar surface area (TPSA) is 89.6 Å². The van der Waals surface area contributed by atoms with Gasteiger partial charge in [0.15, 0.2) is 0 Å². The Morgan fingerprint density at radius 3 is 2.04 bits per heavy atom. The maximum atomic E-state index is 11.3. The second kappa shape index (κ2) is 8.99. The summed E-state index contributed by atoms with van der Waals surface area (Å²) in [5, 5.41) is 15.5. The first-order valence-corrected chi connectivity index (χ1v) is 10.00. The summed E-state index contributed by atoms with van der Waals surface area (Å²) in [5.74, 6) is 0.775. The highest BCUT2D eigenvalue weighted by Crippen LogP contribution is 2.25. The highest BCUT2D eigenvalue weighted by Gasteiger charge is 2.13. The van der Waals surface area contributed by atoms with Gasteiger partial charge in [-0.05, 0) is 41.8 Å². The van der Waals surface area contributed by atoms with Crippen molar-refractivity contribution < 1.29 is 18.3 Å². The Labute approximate surface area is 149 Å². The lowest BCUT2D eigenvalue weighted by Gasteiger charge is -2.13. The van der Waals surface area contributed by atoms with E-state index in [0.29, 0.717) is 17.7 Å². The van der Waals surface area contributed by atoms with Crippen LogP contribution in [0, 0.1) is 0 Å². The first kappa shape index (κ1) is 19.4. The van der Waals surface area contributed by atoms with E-state index < -0.39 is 16.1 Å². The number of aliphatic hydroxyl groups is 1. The molecule has 2 aromatic rings. The van der Waals surface area contributed by atoms with Crippen LogP contribution in [0.15, 0.2) is 53.4 Å². The zero-order valence-electron chi connectivity index (χ0n) is 14.4. The van der Waals surface area contributed by atoms with E-state index in [1.807, 2.05) is 12.1 Å². The highest BCUT2D eigenvalue weighted by atomic mass is 32.2. The predicted octanol–water partition coefficient (Wildman–Crippen LogP) is 3.37. The summed E-state index contributed by atoms with van der Waals surface area (Å²) in [6.45, 7) is 2.87. The van der Waals surface area contributed by atoms with Crippen LogP contribution in [-0.4, -0.2) is 20.1 Å². The van der Waals surface area contributed by atoms with Crippen molar-refractivity contribution in [1.29, 1.82) is 0 Å². The Kier molecular flexibility index (Phi) is 6.99. The normalized spacial score (nSPS) is 12.8. The fourth-order valence-electron chi connectivity index (χ4n) is 2.50. The van der Waals surface area contributed by atoms with Gasteiger partial charge in [-0.3, -0.25) is 0 Å². The summed E-state index contributed by atoms with van der Waals surface area (Å²) < 4.78 is 28.2. The van der Waals surface area contributed by atoms with Crippen LogP contribution in [0.1, 0.15) is 49.8 Å². The summed E-state index contributed by atoms with van der Waals surface area (Å²) >= 11 is 0. The van der Waals surface area contributed by atoms with Crippen molar-refractivity contribution in [3.8, 4) is 5.75 Å². The second-order valence-electron chi connectivity index (χ2n) is 5.99. The van der Waals surface area contributed by atoms with Crippen LogP contribution in [-0.2, 0) is 10.0 Å². The van der Waals surface area contributed by atoms with Crippen LogP contribution < -0.4 is 9.88 Å². The molecule has 0 aliphatic carbocycles. The van der Waals surface area contributed by atoms with Crippen molar-refractivity contribution in [3.63, 3.8) is 0 Å². The number of aliphatic hydroxyl groups excluding tert-OH is 1. The molecule has 0 amide bonds. The smallest absolute Gasteiger partial charge is 0.238 e. The van der Waals surface area contributed by atoms with E-state index in [9.17, 15) is 13.5 Å². The van der Waals surface area contributed by atoms with Crippen LogP contribution in [0.3, 0.4) is 0 Å². The molecule has 0 heterocycles. The average Bonchev–Trinajstić information content (AvgIpc) is 2.61. The van der Waals surface area contributed by atoms with Gasteiger partial charge in [-0.25, -0.2) is 13.6 Å². The Morgan fingerprint density at radius 2 is 1.52 bits per heavy atom. The summed E-state index contributed by atoms with van der Waals surface area (Å²) in [4.78, 5) is 0.0234. The van der Waals surface area contributed by atoms with Crippen molar-refractivity contribution in [1.82, 2.24) is 0 Å². The number of primary sulfonamides is 1. The molecule has 2 aromatic carbocycles. The molecule has 0 spiro atoms. The Morgan fingerprint density at radius 1 is 0.960 bits per heavy atom. The van der Waals surface area contributed by atoms with Gasteiger partial charge < -0.3 is 9.84 Å². The second-order valence-corrected chi connectivity index (χ2v) is 7.56. The van der Waals surface area contributed by atoms with Gasteiger partial charge >= 0.3 is 0 Å². The first-order chi connectivity index (χ1) is 11.9. The molecule has 25 heavy (non-hydrogen) atoms. The maximum Gasteiger partial charge on any atom is 0.238 e. The molecule has 0 bridgehead atoms. The van der Waals surface area contributed by atoms with Gasteiger partial charge in [-0.1, -0.05) is 50.5 Å². The van der Waals surface area contributed by atoms with Crippen LogP contribution in [0.2, 0.25) is 0 Å². The van der Waals surface area contributed by atoms with Gasteiger partial charge in [-0.2, -0.15) is 0 Å². The summed E-state index contributed by atoms with van der Waals surface area (Å²) in [6.07, 6.45) is 3.79. The third kappa shape index (κ3) is 5.85. The molecule has 0 aliphatic rings. The van der Waals surface area contributed by atoms with Crippen molar-refractivity contribution in [3.05, 3.63) is 59.7 Å². The van der Waals surface area contributed by atoms with Crippen LogP contribution in [0.5, 0.6) is 5.75 Å². The fourth-order valence-corrected chi connectivity index (χ4v) is 3.01. The zero-order valence-corrected chi connectivity index (χ0v) is 15.2. The minimum absolute atomic E-state index is 0.0234. The third-order valence-electron chi connectivity index (χ3n) is 3.99. The molecule has 0 aromatic heterocycles. The molecule has 1 atom stereocenters. The Hall–Kier alpha value is -1.89.